The van der Waals surface area contributed by atoms with Gasteiger partial charge in [0.1, 0.15) is 5.69 Å². The van der Waals surface area contributed by atoms with Gasteiger partial charge in [0, 0.05) is 5.69 Å². The van der Waals surface area contributed by atoms with Crippen LogP contribution in [-0.2, 0) is 4.79 Å². The van der Waals surface area contributed by atoms with Gasteiger partial charge in [-0.05, 0) is 38.0 Å². The second kappa shape index (κ2) is 6.70. The minimum atomic E-state index is -0.289. The molecule has 0 unspecified atom stereocenters. The fourth-order valence-corrected chi connectivity index (χ4v) is 3.71. The molecule has 0 aliphatic rings. The van der Waals surface area contributed by atoms with E-state index in [0.29, 0.717) is 15.0 Å². The standard InChI is InChI=1S/C15H15N5O2S2/c1-8-5-4-6-11(9(8)2)16-12(21)7-23-15-19-20-13(22)10(3)17-18-14(20)24-15/h4-6H,7H2,1-3H3,(H,16,21). The van der Waals surface area contributed by atoms with Gasteiger partial charge in [-0.15, -0.1) is 15.3 Å². The van der Waals surface area contributed by atoms with Gasteiger partial charge in [0.25, 0.3) is 5.56 Å². The maximum Gasteiger partial charge on any atom is 0.296 e. The van der Waals surface area contributed by atoms with Crippen LogP contribution >= 0.6 is 23.1 Å². The number of hydrogen-bond acceptors (Lipinski definition) is 7. The molecule has 0 fully saturated rings. The van der Waals surface area contributed by atoms with Gasteiger partial charge in [0.15, 0.2) is 4.34 Å². The van der Waals surface area contributed by atoms with Gasteiger partial charge in [-0.1, -0.05) is 35.2 Å². The van der Waals surface area contributed by atoms with Crippen molar-refractivity contribution in [1.82, 2.24) is 19.8 Å². The first-order valence-corrected chi connectivity index (χ1v) is 8.98. The first-order chi connectivity index (χ1) is 11.5. The van der Waals surface area contributed by atoms with Crippen molar-refractivity contribution in [1.29, 1.82) is 0 Å². The second-order valence-electron chi connectivity index (χ2n) is 5.24. The summed E-state index contributed by atoms with van der Waals surface area (Å²) in [5.74, 6) is 0.0801. The number of aryl methyl sites for hydroxylation is 2. The van der Waals surface area contributed by atoms with Crippen molar-refractivity contribution in [2.24, 2.45) is 0 Å². The molecule has 9 heteroatoms. The highest BCUT2D eigenvalue weighted by molar-refractivity contribution is 8.01. The van der Waals surface area contributed by atoms with E-state index in [1.807, 2.05) is 32.0 Å². The lowest BCUT2D eigenvalue weighted by Crippen LogP contribution is -2.19. The molecule has 7 nitrogen and oxygen atoms in total. The average Bonchev–Trinajstić information content (AvgIpc) is 2.97. The fraction of sp³-hybridized carbons (Fsp3) is 0.267. The molecule has 0 bridgehead atoms. The summed E-state index contributed by atoms with van der Waals surface area (Å²) in [6.45, 7) is 5.56. The zero-order valence-corrected chi connectivity index (χ0v) is 15.0. The van der Waals surface area contributed by atoms with Crippen molar-refractivity contribution >= 4 is 39.7 Å². The van der Waals surface area contributed by atoms with E-state index < -0.39 is 0 Å². The van der Waals surface area contributed by atoms with E-state index in [1.165, 1.54) is 27.6 Å². The van der Waals surface area contributed by atoms with Crippen LogP contribution in [0, 0.1) is 20.8 Å². The zero-order chi connectivity index (χ0) is 17.3. The van der Waals surface area contributed by atoms with Crippen molar-refractivity contribution in [3.63, 3.8) is 0 Å². The van der Waals surface area contributed by atoms with Crippen LogP contribution in [0.15, 0.2) is 27.3 Å². The summed E-state index contributed by atoms with van der Waals surface area (Å²) < 4.78 is 1.82. The van der Waals surface area contributed by atoms with E-state index in [1.54, 1.807) is 6.92 Å². The Morgan fingerprint density at radius 1 is 1.29 bits per heavy atom. The summed E-state index contributed by atoms with van der Waals surface area (Å²) in [4.78, 5) is 24.5. The van der Waals surface area contributed by atoms with Crippen LogP contribution in [0.5, 0.6) is 0 Å². The van der Waals surface area contributed by atoms with Crippen LogP contribution in [0.4, 0.5) is 5.69 Å². The molecule has 1 N–H and O–H groups in total. The van der Waals surface area contributed by atoms with Gasteiger partial charge in [0.2, 0.25) is 10.9 Å². The van der Waals surface area contributed by atoms with Crippen molar-refractivity contribution < 1.29 is 4.79 Å². The number of nitrogens with one attached hydrogen (secondary N) is 1. The molecule has 0 aliphatic carbocycles. The number of fused-ring (bicyclic) bond motifs is 1. The summed E-state index contributed by atoms with van der Waals surface area (Å²) >= 11 is 2.50. The minimum Gasteiger partial charge on any atom is -0.325 e. The van der Waals surface area contributed by atoms with Crippen molar-refractivity contribution in [2.45, 2.75) is 25.1 Å². The molecule has 0 atom stereocenters. The third-order valence-corrected chi connectivity index (χ3v) is 5.57. The van der Waals surface area contributed by atoms with E-state index in [9.17, 15) is 9.59 Å². The van der Waals surface area contributed by atoms with E-state index in [4.69, 9.17) is 0 Å². The fourth-order valence-electron chi connectivity index (χ4n) is 2.03. The van der Waals surface area contributed by atoms with Crippen LogP contribution in [0.25, 0.3) is 4.96 Å². The third kappa shape index (κ3) is 3.31. The largest absolute Gasteiger partial charge is 0.325 e. The molecule has 0 spiro atoms. The molecular formula is C15H15N5O2S2. The highest BCUT2D eigenvalue weighted by atomic mass is 32.2. The molecule has 24 heavy (non-hydrogen) atoms. The molecule has 124 valence electrons. The predicted octanol–water partition coefficient (Wildman–Crippen LogP) is 2.20. The molecule has 0 saturated heterocycles. The Labute approximate surface area is 146 Å². The third-order valence-electron chi connectivity index (χ3n) is 3.53. The van der Waals surface area contributed by atoms with Gasteiger partial charge in [-0.25, -0.2) is 0 Å². The molecule has 1 amide bonds. The Balaban J connectivity index is 1.69. The first kappa shape index (κ1) is 16.6. The number of nitrogens with zero attached hydrogens (tertiary/aromatic N) is 4. The number of rotatable bonds is 4. The Kier molecular flexibility index (Phi) is 4.63. The minimum absolute atomic E-state index is 0.123. The number of aromatic nitrogens is 4. The van der Waals surface area contributed by atoms with E-state index in [2.05, 4.69) is 20.6 Å². The van der Waals surface area contributed by atoms with Gasteiger partial charge in [-0.3, -0.25) is 9.59 Å². The summed E-state index contributed by atoms with van der Waals surface area (Å²) in [5.41, 5.74) is 2.99. The lowest BCUT2D eigenvalue weighted by atomic mass is 10.1. The summed E-state index contributed by atoms with van der Waals surface area (Å²) in [5, 5.41) is 14.8. The molecule has 2 heterocycles. The van der Waals surface area contributed by atoms with Crippen LogP contribution in [0.3, 0.4) is 0 Å². The highest BCUT2D eigenvalue weighted by Crippen LogP contribution is 2.24. The maximum absolute atomic E-state index is 12.1. The summed E-state index contributed by atoms with van der Waals surface area (Å²) in [6.07, 6.45) is 0. The van der Waals surface area contributed by atoms with Crippen LogP contribution in [-0.4, -0.2) is 31.5 Å². The molecule has 0 saturated carbocycles. The molecule has 3 aromatic rings. The Morgan fingerprint density at radius 3 is 2.88 bits per heavy atom. The normalized spacial score (nSPS) is 11.0. The number of carbonyl (C=O) groups is 1. The smallest absolute Gasteiger partial charge is 0.296 e. The molecular weight excluding hydrogens is 346 g/mol. The second-order valence-corrected chi connectivity index (χ2v) is 7.42. The zero-order valence-electron chi connectivity index (χ0n) is 13.4. The molecule has 2 aromatic heterocycles. The highest BCUT2D eigenvalue weighted by Gasteiger charge is 2.12. The number of carbonyl (C=O) groups excluding carboxylic acids is 1. The number of hydrogen-bond donors (Lipinski definition) is 1. The SMILES string of the molecule is Cc1cccc(NC(=O)CSc2nn3c(=O)c(C)nnc3s2)c1C. The molecule has 1 aromatic carbocycles. The van der Waals surface area contributed by atoms with Crippen LogP contribution in [0.1, 0.15) is 16.8 Å². The number of benzene rings is 1. The number of anilines is 1. The van der Waals surface area contributed by atoms with Crippen molar-refractivity contribution in [2.75, 3.05) is 11.1 Å². The summed E-state index contributed by atoms with van der Waals surface area (Å²) in [6, 6.07) is 5.79. The molecule has 0 radical (unpaired) electrons. The molecule has 3 rings (SSSR count). The van der Waals surface area contributed by atoms with Gasteiger partial charge in [-0.2, -0.15) is 4.52 Å². The van der Waals surface area contributed by atoms with E-state index in [0.717, 1.165) is 16.8 Å². The van der Waals surface area contributed by atoms with E-state index >= 15 is 0 Å². The summed E-state index contributed by atoms with van der Waals surface area (Å²) in [7, 11) is 0. The Hall–Kier alpha value is -2.26. The molecule has 0 aliphatic heterocycles. The lowest BCUT2D eigenvalue weighted by molar-refractivity contribution is -0.113. The first-order valence-electron chi connectivity index (χ1n) is 7.17. The van der Waals surface area contributed by atoms with Crippen LogP contribution in [0.2, 0.25) is 0 Å². The van der Waals surface area contributed by atoms with Gasteiger partial charge < -0.3 is 5.32 Å². The van der Waals surface area contributed by atoms with E-state index in [-0.39, 0.29) is 17.2 Å². The van der Waals surface area contributed by atoms with Crippen molar-refractivity contribution in [3.05, 3.63) is 45.4 Å². The topological polar surface area (TPSA) is 89.3 Å². The van der Waals surface area contributed by atoms with Gasteiger partial charge >= 0.3 is 0 Å². The maximum atomic E-state index is 12.1. The lowest BCUT2D eigenvalue weighted by Gasteiger charge is -2.09. The predicted molar refractivity (Wildman–Crippen MR) is 94.9 cm³/mol. The average molecular weight is 361 g/mol. The van der Waals surface area contributed by atoms with Crippen molar-refractivity contribution in [3.8, 4) is 0 Å². The number of thioether (sulfide) groups is 1. The Morgan fingerprint density at radius 2 is 2.08 bits per heavy atom. The number of amides is 1. The van der Waals surface area contributed by atoms with Crippen LogP contribution < -0.4 is 10.9 Å². The van der Waals surface area contributed by atoms with Gasteiger partial charge in [0.05, 0.1) is 5.75 Å². The Bertz CT molecular complexity index is 980. The quantitative estimate of drug-likeness (QED) is 0.717. The monoisotopic (exact) mass is 361 g/mol.